The van der Waals surface area contributed by atoms with Crippen LogP contribution in [0.3, 0.4) is 0 Å². The zero-order chi connectivity index (χ0) is 17.3. The third kappa shape index (κ3) is 2.82. The van der Waals surface area contributed by atoms with Crippen LogP contribution in [0, 0.1) is 0 Å². The number of carboxylic acids is 1. The molecule has 1 N–H and O–H groups in total. The number of benzene rings is 1. The Morgan fingerprint density at radius 1 is 1.25 bits per heavy atom. The van der Waals surface area contributed by atoms with E-state index in [0.717, 1.165) is 18.4 Å². The molecule has 5 nitrogen and oxygen atoms in total. The molecule has 2 aromatic rings. The minimum Gasteiger partial charge on any atom is -0.478 e. The standard InChI is InChI=1S/C19H21NO4/c1-3-14-9-12-7-5-6-8-13(12)11-20(14)18(21)17-10-15(19(22)23)16(4-2)24-17/h5-8,10,14H,3-4,9,11H2,1-2H3,(H,22,23). The van der Waals surface area contributed by atoms with E-state index in [0.29, 0.717) is 18.7 Å². The van der Waals surface area contributed by atoms with E-state index in [9.17, 15) is 14.7 Å². The van der Waals surface area contributed by atoms with E-state index in [2.05, 4.69) is 13.0 Å². The third-order valence-corrected chi connectivity index (χ3v) is 4.66. The molecule has 0 fully saturated rings. The van der Waals surface area contributed by atoms with E-state index in [1.54, 1.807) is 4.90 Å². The largest absolute Gasteiger partial charge is 0.478 e. The lowest BCUT2D eigenvalue weighted by atomic mass is 9.92. The van der Waals surface area contributed by atoms with Gasteiger partial charge in [0, 0.05) is 25.1 Å². The van der Waals surface area contributed by atoms with Crippen LogP contribution in [-0.4, -0.2) is 27.9 Å². The minimum atomic E-state index is -1.06. The maximum atomic E-state index is 12.9. The van der Waals surface area contributed by atoms with Crippen molar-refractivity contribution in [1.29, 1.82) is 0 Å². The van der Waals surface area contributed by atoms with Crippen LogP contribution < -0.4 is 0 Å². The van der Waals surface area contributed by atoms with Gasteiger partial charge < -0.3 is 14.4 Å². The Balaban J connectivity index is 1.93. The molecule has 5 heteroatoms. The Morgan fingerprint density at radius 2 is 1.96 bits per heavy atom. The Labute approximate surface area is 140 Å². The van der Waals surface area contributed by atoms with Gasteiger partial charge in [0.2, 0.25) is 0 Å². The average molecular weight is 327 g/mol. The number of carbonyl (C=O) groups is 2. The summed E-state index contributed by atoms with van der Waals surface area (Å²) in [5.41, 5.74) is 2.48. The van der Waals surface area contributed by atoms with E-state index in [1.807, 2.05) is 25.1 Å². The molecule has 1 aliphatic heterocycles. The Bertz CT molecular complexity index is 777. The number of carbonyl (C=O) groups excluding carboxylic acids is 1. The normalized spacial score (nSPS) is 16.8. The van der Waals surface area contributed by atoms with Crippen molar-refractivity contribution in [2.75, 3.05) is 0 Å². The first-order valence-corrected chi connectivity index (χ1v) is 8.28. The number of carboxylic acid groups (broad SMARTS) is 1. The van der Waals surface area contributed by atoms with Crippen LogP contribution >= 0.6 is 0 Å². The van der Waals surface area contributed by atoms with Crippen molar-refractivity contribution in [3.63, 3.8) is 0 Å². The number of fused-ring (bicyclic) bond motifs is 1. The van der Waals surface area contributed by atoms with E-state index < -0.39 is 5.97 Å². The Kier molecular flexibility index (Phi) is 4.42. The maximum Gasteiger partial charge on any atom is 0.339 e. The molecular formula is C19H21NO4. The number of hydrogen-bond acceptors (Lipinski definition) is 3. The summed E-state index contributed by atoms with van der Waals surface area (Å²) < 4.78 is 5.55. The maximum absolute atomic E-state index is 12.9. The van der Waals surface area contributed by atoms with Gasteiger partial charge in [0.25, 0.3) is 5.91 Å². The summed E-state index contributed by atoms with van der Waals surface area (Å²) in [4.78, 5) is 26.0. The molecule has 0 spiro atoms. The first-order valence-electron chi connectivity index (χ1n) is 8.28. The summed E-state index contributed by atoms with van der Waals surface area (Å²) in [5, 5.41) is 9.25. The second-order valence-electron chi connectivity index (χ2n) is 6.07. The number of nitrogens with zero attached hydrogens (tertiary/aromatic N) is 1. The monoisotopic (exact) mass is 327 g/mol. The highest BCUT2D eigenvalue weighted by atomic mass is 16.4. The highest BCUT2D eigenvalue weighted by Gasteiger charge is 2.31. The number of furan rings is 1. The molecule has 1 aromatic carbocycles. The van der Waals surface area contributed by atoms with E-state index in [1.165, 1.54) is 11.6 Å². The van der Waals surface area contributed by atoms with Crippen LogP contribution in [-0.2, 0) is 19.4 Å². The predicted octanol–water partition coefficient (Wildman–Crippen LogP) is 3.52. The topological polar surface area (TPSA) is 70.8 Å². The molecule has 24 heavy (non-hydrogen) atoms. The average Bonchev–Trinajstić information content (AvgIpc) is 3.04. The van der Waals surface area contributed by atoms with Crippen LogP contribution in [0.1, 0.15) is 58.1 Å². The molecule has 2 heterocycles. The number of aryl methyl sites for hydroxylation is 1. The lowest BCUT2D eigenvalue weighted by Crippen LogP contribution is -2.43. The van der Waals surface area contributed by atoms with Crippen LogP contribution in [0.4, 0.5) is 0 Å². The Hall–Kier alpha value is -2.56. The van der Waals surface area contributed by atoms with Crippen molar-refractivity contribution in [3.8, 4) is 0 Å². The smallest absolute Gasteiger partial charge is 0.339 e. The molecule has 0 saturated carbocycles. The zero-order valence-corrected chi connectivity index (χ0v) is 13.9. The quantitative estimate of drug-likeness (QED) is 0.933. The molecule has 1 atom stereocenters. The first-order chi connectivity index (χ1) is 11.5. The number of rotatable bonds is 4. The number of amides is 1. The molecule has 1 aliphatic rings. The third-order valence-electron chi connectivity index (χ3n) is 4.66. The number of hydrogen-bond donors (Lipinski definition) is 1. The highest BCUT2D eigenvalue weighted by molar-refractivity contribution is 5.96. The highest BCUT2D eigenvalue weighted by Crippen LogP contribution is 2.27. The molecule has 0 bridgehead atoms. The molecule has 1 unspecified atom stereocenters. The van der Waals surface area contributed by atoms with Crippen LogP contribution in [0.2, 0.25) is 0 Å². The SMILES string of the molecule is CCc1oc(C(=O)N2Cc3ccccc3CC2CC)cc1C(=O)O. The second kappa shape index (κ2) is 6.51. The molecule has 3 rings (SSSR count). The van der Waals surface area contributed by atoms with Crippen LogP contribution in [0.25, 0.3) is 0 Å². The van der Waals surface area contributed by atoms with Crippen molar-refractivity contribution in [3.05, 3.63) is 58.5 Å². The van der Waals surface area contributed by atoms with Crippen molar-refractivity contribution >= 4 is 11.9 Å². The lowest BCUT2D eigenvalue weighted by molar-refractivity contribution is 0.0599. The van der Waals surface area contributed by atoms with Gasteiger partial charge in [-0.25, -0.2) is 4.79 Å². The van der Waals surface area contributed by atoms with Gasteiger partial charge in [-0.1, -0.05) is 38.1 Å². The van der Waals surface area contributed by atoms with Gasteiger partial charge in [-0.3, -0.25) is 4.79 Å². The summed E-state index contributed by atoms with van der Waals surface area (Å²) in [7, 11) is 0. The summed E-state index contributed by atoms with van der Waals surface area (Å²) in [6, 6.07) is 9.57. The summed E-state index contributed by atoms with van der Waals surface area (Å²) in [6.07, 6.45) is 2.09. The zero-order valence-electron chi connectivity index (χ0n) is 13.9. The van der Waals surface area contributed by atoms with Crippen LogP contribution in [0.5, 0.6) is 0 Å². The Morgan fingerprint density at radius 3 is 2.54 bits per heavy atom. The predicted molar refractivity (Wildman–Crippen MR) is 89.1 cm³/mol. The van der Waals surface area contributed by atoms with Crippen molar-refractivity contribution < 1.29 is 19.1 Å². The van der Waals surface area contributed by atoms with Gasteiger partial charge in [-0.05, 0) is 24.0 Å². The van der Waals surface area contributed by atoms with Gasteiger partial charge in [0.05, 0.1) is 0 Å². The van der Waals surface area contributed by atoms with E-state index >= 15 is 0 Å². The molecule has 0 radical (unpaired) electrons. The van der Waals surface area contributed by atoms with Crippen molar-refractivity contribution in [2.24, 2.45) is 0 Å². The second-order valence-corrected chi connectivity index (χ2v) is 6.07. The van der Waals surface area contributed by atoms with Gasteiger partial charge in [-0.15, -0.1) is 0 Å². The van der Waals surface area contributed by atoms with Gasteiger partial charge in [0.15, 0.2) is 5.76 Å². The summed E-state index contributed by atoms with van der Waals surface area (Å²) in [6.45, 7) is 4.39. The van der Waals surface area contributed by atoms with Crippen molar-refractivity contribution in [2.45, 2.75) is 45.7 Å². The van der Waals surface area contributed by atoms with Gasteiger partial charge in [-0.2, -0.15) is 0 Å². The fraction of sp³-hybridized carbons (Fsp3) is 0.368. The van der Waals surface area contributed by atoms with E-state index in [4.69, 9.17) is 4.42 Å². The van der Waals surface area contributed by atoms with Gasteiger partial charge in [0.1, 0.15) is 11.3 Å². The molecular weight excluding hydrogens is 306 g/mol. The fourth-order valence-corrected chi connectivity index (χ4v) is 3.31. The first kappa shape index (κ1) is 16.3. The summed E-state index contributed by atoms with van der Waals surface area (Å²) in [5.74, 6) is -0.845. The molecule has 126 valence electrons. The molecule has 0 saturated heterocycles. The summed E-state index contributed by atoms with van der Waals surface area (Å²) >= 11 is 0. The lowest BCUT2D eigenvalue weighted by Gasteiger charge is -2.36. The number of aromatic carboxylic acids is 1. The molecule has 1 aromatic heterocycles. The van der Waals surface area contributed by atoms with Crippen molar-refractivity contribution in [1.82, 2.24) is 4.90 Å². The minimum absolute atomic E-state index is 0.0753. The van der Waals surface area contributed by atoms with E-state index in [-0.39, 0.29) is 23.3 Å². The van der Waals surface area contributed by atoms with Gasteiger partial charge >= 0.3 is 5.97 Å². The molecule has 1 amide bonds. The molecule has 0 aliphatic carbocycles. The fourth-order valence-electron chi connectivity index (χ4n) is 3.31. The van der Waals surface area contributed by atoms with Crippen LogP contribution in [0.15, 0.2) is 34.7 Å².